The number of amides is 2. The smallest absolute Gasteiger partial charge is 0.341 e. The fraction of sp³-hybridized carbons (Fsp3) is 0.150. The zero-order chi connectivity index (χ0) is 21.0. The van der Waals surface area contributed by atoms with Gasteiger partial charge in [-0.3, -0.25) is 9.59 Å². The summed E-state index contributed by atoms with van der Waals surface area (Å²) in [5, 5.41) is 5.39. The average molecular weight is 461 g/mol. The lowest BCUT2D eigenvalue weighted by atomic mass is 10.2. The van der Waals surface area contributed by atoms with E-state index in [0.717, 1.165) is 0 Å². The van der Waals surface area contributed by atoms with Gasteiger partial charge in [0.25, 0.3) is 11.8 Å². The van der Waals surface area contributed by atoms with Crippen LogP contribution < -0.4 is 10.6 Å². The third-order valence-electron chi connectivity index (χ3n) is 4.00. The van der Waals surface area contributed by atoms with Crippen molar-refractivity contribution in [3.63, 3.8) is 0 Å². The summed E-state index contributed by atoms with van der Waals surface area (Å²) in [4.78, 5) is 36.0. The highest BCUT2D eigenvalue weighted by Gasteiger charge is 2.16. The van der Waals surface area contributed by atoms with E-state index in [4.69, 9.17) is 8.83 Å². The van der Waals surface area contributed by atoms with Gasteiger partial charge in [0.1, 0.15) is 17.1 Å². The molecule has 2 heterocycles. The number of hydrogen-bond donors (Lipinski definition) is 2. The van der Waals surface area contributed by atoms with Crippen LogP contribution in [-0.4, -0.2) is 24.9 Å². The fourth-order valence-corrected chi connectivity index (χ4v) is 2.85. The molecule has 3 rings (SSSR count). The molecular formula is C20H17BrN2O6. The van der Waals surface area contributed by atoms with Gasteiger partial charge in [-0.2, -0.15) is 0 Å². The Morgan fingerprint density at radius 1 is 1.03 bits per heavy atom. The molecule has 0 aliphatic heterocycles. The zero-order valence-corrected chi connectivity index (χ0v) is 17.2. The predicted octanol–water partition coefficient (Wildman–Crippen LogP) is 3.91. The van der Waals surface area contributed by atoms with Gasteiger partial charge in [0.2, 0.25) is 0 Å². The number of hydrogen-bond acceptors (Lipinski definition) is 6. The van der Waals surface area contributed by atoms with Crippen LogP contribution in [0.3, 0.4) is 0 Å². The second-order valence-corrected chi connectivity index (χ2v) is 6.77. The molecule has 0 saturated heterocycles. The topological polar surface area (TPSA) is 111 Å². The largest absolute Gasteiger partial charge is 0.465 e. The van der Waals surface area contributed by atoms with Crippen molar-refractivity contribution in [2.45, 2.75) is 13.5 Å². The number of ether oxygens (including phenoxy) is 1. The van der Waals surface area contributed by atoms with Gasteiger partial charge in [-0.05, 0) is 65.3 Å². The highest BCUT2D eigenvalue weighted by molar-refractivity contribution is 9.10. The lowest BCUT2D eigenvalue weighted by Gasteiger charge is -2.06. The number of halogens is 1. The second-order valence-electron chi connectivity index (χ2n) is 5.99. The fourth-order valence-electron chi connectivity index (χ4n) is 2.55. The van der Waals surface area contributed by atoms with Gasteiger partial charge in [-0.25, -0.2) is 4.79 Å². The van der Waals surface area contributed by atoms with Gasteiger partial charge in [0.05, 0.1) is 13.7 Å². The molecule has 0 bridgehead atoms. The Labute approximate surface area is 174 Å². The first-order valence-corrected chi connectivity index (χ1v) is 9.29. The summed E-state index contributed by atoms with van der Waals surface area (Å²) >= 11 is 3.14. The van der Waals surface area contributed by atoms with Crippen LogP contribution in [0, 0.1) is 6.92 Å². The summed E-state index contributed by atoms with van der Waals surface area (Å²) in [6.07, 6.45) is 0. The normalized spacial score (nSPS) is 10.4. The molecule has 0 unspecified atom stereocenters. The van der Waals surface area contributed by atoms with Gasteiger partial charge in [0, 0.05) is 11.3 Å². The number of benzene rings is 1. The molecule has 0 saturated carbocycles. The van der Waals surface area contributed by atoms with Crippen LogP contribution in [0.1, 0.15) is 42.8 Å². The molecule has 0 aliphatic carbocycles. The highest BCUT2D eigenvalue weighted by Crippen LogP contribution is 2.17. The SMILES string of the molecule is COC(=O)c1cc(CNC(=O)c2ccc(NC(=O)c3ccc(Br)o3)cc2)oc1C. The van der Waals surface area contributed by atoms with Gasteiger partial charge in [-0.1, -0.05) is 0 Å². The molecule has 1 aromatic carbocycles. The van der Waals surface area contributed by atoms with Gasteiger partial charge in [0.15, 0.2) is 10.4 Å². The summed E-state index contributed by atoms with van der Waals surface area (Å²) < 4.78 is 15.8. The Morgan fingerprint density at radius 2 is 1.76 bits per heavy atom. The molecular weight excluding hydrogens is 444 g/mol. The standard InChI is InChI=1S/C20H17BrN2O6/c1-11-15(20(26)27-2)9-14(28-11)10-22-18(24)12-3-5-13(6-4-12)23-19(25)16-7-8-17(21)29-16/h3-9H,10H2,1-2H3,(H,22,24)(H,23,25). The molecule has 0 radical (unpaired) electrons. The van der Waals surface area contributed by atoms with Crippen molar-refractivity contribution in [2.75, 3.05) is 12.4 Å². The van der Waals surface area contributed by atoms with E-state index >= 15 is 0 Å². The summed E-state index contributed by atoms with van der Waals surface area (Å²) in [7, 11) is 1.29. The first-order valence-electron chi connectivity index (χ1n) is 8.50. The third kappa shape index (κ3) is 4.94. The van der Waals surface area contributed by atoms with E-state index in [1.54, 1.807) is 43.3 Å². The Hall–Kier alpha value is -3.33. The van der Waals surface area contributed by atoms with Gasteiger partial charge in [-0.15, -0.1) is 0 Å². The van der Waals surface area contributed by atoms with Crippen molar-refractivity contribution < 1.29 is 28.0 Å². The van der Waals surface area contributed by atoms with Gasteiger partial charge < -0.3 is 24.2 Å². The average Bonchev–Trinajstić information content (AvgIpc) is 3.31. The van der Waals surface area contributed by atoms with Crippen LogP contribution in [0.4, 0.5) is 5.69 Å². The molecule has 0 aliphatic rings. The lowest BCUT2D eigenvalue weighted by Crippen LogP contribution is -2.22. The van der Waals surface area contributed by atoms with E-state index < -0.39 is 11.9 Å². The number of esters is 1. The number of carbonyl (C=O) groups is 3. The molecule has 29 heavy (non-hydrogen) atoms. The number of furan rings is 2. The van der Waals surface area contributed by atoms with Crippen molar-refractivity contribution in [3.05, 3.63) is 75.5 Å². The van der Waals surface area contributed by atoms with E-state index in [0.29, 0.717) is 33.0 Å². The van der Waals surface area contributed by atoms with Crippen LogP contribution in [0.5, 0.6) is 0 Å². The Bertz CT molecular complexity index is 1050. The van der Waals surface area contributed by atoms with Crippen LogP contribution in [0.25, 0.3) is 0 Å². The van der Waals surface area contributed by atoms with E-state index in [2.05, 4.69) is 31.3 Å². The first kappa shape index (κ1) is 20.4. The van der Waals surface area contributed by atoms with Crippen LogP contribution >= 0.6 is 15.9 Å². The van der Waals surface area contributed by atoms with Crippen molar-refractivity contribution in [2.24, 2.45) is 0 Å². The molecule has 9 heteroatoms. The summed E-state index contributed by atoms with van der Waals surface area (Å²) in [5.41, 5.74) is 1.24. The molecule has 8 nitrogen and oxygen atoms in total. The zero-order valence-electron chi connectivity index (χ0n) is 15.6. The van der Waals surface area contributed by atoms with Crippen molar-refractivity contribution in [1.82, 2.24) is 5.32 Å². The Balaban J connectivity index is 1.58. The lowest BCUT2D eigenvalue weighted by molar-refractivity contribution is 0.0598. The highest BCUT2D eigenvalue weighted by atomic mass is 79.9. The van der Waals surface area contributed by atoms with Crippen LogP contribution in [-0.2, 0) is 11.3 Å². The summed E-state index contributed by atoms with van der Waals surface area (Å²) in [5.74, 6) is -0.203. The quantitative estimate of drug-likeness (QED) is 0.539. The second kappa shape index (κ2) is 8.78. The maximum absolute atomic E-state index is 12.3. The number of nitrogens with one attached hydrogen (secondary N) is 2. The maximum atomic E-state index is 12.3. The summed E-state index contributed by atoms with van der Waals surface area (Å²) in [6.45, 7) is 1.76. The van der Waals surface area contributed by atoms with E-state index in [1.165, 1.54) is 13.2 Å². The van der Waals surface area contributed by atoms with Crippen molar-refractivity contribution in [3.8, 4) is 0 Å². The number of aryl methyl sites for hydroxylation is 1. The van der Waals surface area contributed by atoms with E-state index in [-0.39, 0.29) is 18.2 Å². The van der Waals surface area contributed by atoms with Crippen molar-refractivity contribution in [1.29, 1.82) is 0 Å². The van der Waals surface area contributed by atoms with Crippen LogP contribution in [0.2, 0.25) is 0 Å². The number of rotatable bonds is 6. The molecule has 2 amide bonds. The Kier molecular flexibility index (Phi) is 6.18. The van der Waals surface area contributed by atoms with E-state index in [9.17, 15) is 14.4 Å². The molecule has 0 fully saturated rings. The van der Waals surface area contributed by atoms with Gasteiger partial charge >= 0.3 is 5.97 Å². The molecule has 3 aromatic rings. The van der Waals surface area contributed by atoms with E-state index in [1.807, 2.05) is 0 Å². The minimum absolute atomic E-state index is 0.114. The number of methoxy groups -OCH3 is 1. The predicted molar refractivity (Wildman–Crippen MR) is 107 cm³/mol. The summed E-state index contributed by atoms with van der Waals surface area (Å²) in [6, 6.07) is 11.1. The number of carbonyl (C=O) groups excluding carboxylic acids is 3. The van der Waals surface area contributed by atoms with Crippen molar-refractivity contribution >= 4 is 39.4 Å². The monoisotopic (exact) mass is 460 g/mol. The van der Waals surface area contributed by atoms with Crippen LogP contribution in [0.15, 0.2) is 56.0 Å². The maximum Gasteiger partial charge on any atom is 0.341 e. The number of anilines is 1. The third-order valence-corrected chi connectivity index (χ3v) is 4.43. The molecule has 2 aromatic heterocycles. The molecule has 0 atom stereocenters. The molecule has 2 N–H and O–H groups in total. The minimum Gasteiger partial charge on any atom is -0.465 e. The minimum atomic E-state index is -0.497. The molecule has 150 valence electrons. The Morgan fingerprint density at radius 3 is 2.38 bits per heavy atom. The first-order chi connectivity index (χ1) is 13.9. The molecule has 0 spiro atoms.